The molecule has 0 aliphatic heterocycles. The lowest BCUT2D eigenvalue weighted by Gasteiger charge is -2.32. The molecule has 8 nitrogen and oxygen atoms in total. The molecular weight excluding hydrogens is 320 g/mol. The van der Waals surface area contributed by atoms with Gasteiger partial charge in [-0.05, 0) is 11.5 Å². The predicted molar refractivity (Wildman–Crippen MR) is 91.1 cm³/mol. The average molecular weight is 342 g/mol. The minimum absolute atomic E-state index is 0.0131. The molecule has 1 atom stereocenters. The quantitative estimate of drug-likeness (QED) is 0.644. The van der Waals surface area contributed by atoms with Gasteiger partial charge >= 0.3 is 0 Å². The van der Waals surface area contributed by atoms with Gasteiger partial charge in [-0.15, -0.1) is 0 Å². The van der Waals surface area contributed by atoms with Crippen LogP contribution in [0.15, 0.2) is 41.2 Å². The molecule has 1 unspecified atom stereocenters. The zero-order valence-electron chi connectivity index (χ0n) is 14.3. The summed E-state index contributed by atoms with van der Waals surface area (Å²) in [7, 11) is 0. The Morgan fingerprint density at radius 3 is 2.64 bits per heavy atom. The number of aromatic nitrogens is 5. The molecule has 0 spiro atoms. The summed E-state index contributed by atoms with van der Waals surface area (Å²) in [6, 6.07) is 10.1. The first kappa shape index (κ1) is 17.2. The first-order chi connectivity index (χ1) is 12.2. The molecule has 8 heteroatoms. The van der Waals surface area contributed by atoms with Gasteiger partial charge in [-0.1, -0.05) is 49.3 Å². The van der Waals surface area contributed by atoms with Crippen molar-refractivity contribution in [2.24, 2.45) is 5.92 Å². The highest BCUT2D eigenvalue weighted by Crippen LogP contribution is 2.18. The fourth-order valence-electron chi connectivity index (χ4n) is 2.76. The Labute approximate surface area is 145 Å². The van der Waals surface area contributed by atoms with E-state index in [0.29, 0.717) is 30.6 Å². The van der Waals surface area contributed by atoms with Crippen molar-refractivity contribution in [1.29, 1.82) is 0 Å². The Balaban J connectivity index is 1.79. The van der Waals surface area contributed by atoms with Crippen LogP contribution in [0.2, 0.25) is 0 Å². The van der Waals surface area contributed by atoms with E-state index >= 15 is 0 Å². The van der Waals surface area contributed by atoms with Crippen LogP contribution in [0.3, 0.4) is 0 Å². The summed E-state index contributed by atoms with van der Waals surface area (Å²) >= 11 is 0. The molecule has 1 aromatic carbocycles. The second-order valence-electron chi connectivity index (χ2n) is 6.23. The van der Waals surface area contributed by atoms with E-state index < -0.39 is 0 Å². The lowest BCUT2D eigenvalue weighted by molar-refractivity contribution is 0.0695. The molecule has 0 bridgehead atoms. The van der Waals surface area contributed by atoms with Crippen LogP contribution in [0.25, 0.3) is 11.6 Å². The Morgan fingerprint density at radius 1 is 1.20 bits per heavy atom. The lowest BCUT2D eigenvalue weighted by Crippen LogP contribution is -2.40. The molecular formula is C17H22N6O2. The van der Waals surface area contributed by atoms with Gasteiger partial charge in [-0.25, -0.2) is 4.98 Å². The monoisotopic (exact) mass is 342 g/mol. The second kappa shape index (κ2) is 8.00. The van der Waals surface area contributed by atoms with Crippen molar-refractivity contribution < 1.29 is 9.63 Å². The molecule has 3 aromatic rings. The molecule has 0 amide bonds. The van der Waals surface area contributed by atoms with Crippen LogP contribution >= 0.6 is 0 Å². The van der Waals surface area contributed by atoms with Crippen molar-refractivity contribution in [3.05, 3.63) is 48.1 Å². The van der Waals surface area contributed by atoms with Crippen LogP contribution in [-0.4, -0.2) is 48.0 Å². The van der Waals surface area contributed by atoms with Gasteiger partial charge in [-0.2, -0.15) is 10.1 Å². The Kier molecular flexibility index (Phi) is 5.52. The van der Waals surface area contributed by atoms with Crippen LogP contribution in [0.4, 0.5) is 0 Å². The lowest BCUT2D eigenvalue weighted by atomic mass is 10.0. The van der Waals surface area contributed by atoms with Crippen molar-refractivity contribution in [1.82, 2.24) is 30.2 Å². The number of benzene rings is 1. The third-order valence-electron chi connectivity index (χ3n) is 4.09. The van der Waals surface area contributed by atoms with Crippen molar-refractivity contribution in [2.45, 2.75) is 33.0 Å². The van der Waals surface area contributed by atoms with Gasteiger partial charge in [0.15, 0.2) is 5.82 Å². The summed E-state index contributed by atoms with van der Waals surface area (Å²) < 4.78 is 5.36. The summed E-state index contributed by atoms with van der Waals surface area (Å²) in [5.74, 6) is 1.59. The molecule has 0 aliphatic rings. The molecule has 0 aliphatic carbocycles. The number of nitrogens with zero attached hydrogens (tertiary/aromatic N) is 5. The van der Waals surface area contributed by atoms with Gasteiger partial charge < -0.3 is 9.63 Å². The molecule has 25 heavy (non-hydrogen) atoms. The van der Waals surface area contributed by atoms with Crippen molar-refractivity contribution in [3.63, 3.8) is 0 Å². The van der Waals surface area contributed by atoms with Crippen molar-refractivity contribution in [2.75, 3.05) is 6.61 Å². The maximum absolute atomic E-state index is 9.85. The zero-order chi connectivity index (χ0) is 17.6. The van der Waals surface area contributed by atoms with Gasteiger partial charge in [0.05, 0.1) is 13.2 Å². The highest BCUT2D eigenvalue weighted by Gasteiger charge is 2.24. The van der Waals surface area contributed by atoms with Gasteiger partial charge in [0.25, 0.3) is 0 Å². The molecule has 0 fully saturated rings. The third-order valence-corrected chi connectivity index (χ3v) is 4.09. The molecule has 0 saturated heterocycles. The average Bonchev–Trinajstić information content (AvgIpc) is 3.27. The number of hydrogen-bond donors (Lipinski definition) is 2. The molecule has 3 rings (SSSR count). The number of rotatable bonds is 8. The topological polar surface area (TPSA) is 104 Å². The standard InChI is InChI=1S/C17H22N6O2/c1-12(2)14(10-24)23(8-13-6-4-3-5-7-13)9-15-20-17(22-25-15)16-18-11-19-21-16/h3-7,11-12,14,24H,8-10H2,1-2H3,(H,18,19,21). The fraction of sp³-hybridized carbons (Fsp3) is 0.412. The van der Waals surface area contributed by atoms with Gasteiger partial charge in [0.2, 0.25) is 11.7 Å². The first-order valence-corrected chi connectivity index (χ1v) is 8.24. The molecule has 2 N–H and O–H groups in total. The summed E-state index contributed by atoms with van der Waals surface area (Å²) in [5.41, 5.74) is 1.16. The smallest absolute Gasteiger partial charge is 0.241 e. The van der Waals surface area contributed by atoms with E-state index in [2.05, 4.69) is 56.2 Å². The second-order valence-corrected chi connectivity index (χ2v) is 6.23. The van der Waals surface area contributed by atoms with E-state index in [1.54, 1.807) is 0 Å². The summed E-state index contributed by atoms with van der Waals surface area (Å²) in [4.78, 5) is 10.5. The predicted octanol–water partition coefficient (Wildman–Crippen LogP) is 1.87. The largest absolute Gasteiger partial charge is 0.395 e. The zero-order valence-corrected chi connectivity index (χ0v) is 14.3. The third kappa shape index (κ3) is 4.28. The Bertz CT molecular complexity index is 757. The van der Waals surface area contributed by atoms with Crippen molar-refractivity contribution in [3.8, 4) is 11.6 Å². The van der Waals surface area contributed by atoms with E-state index in [4.69, 9.17) is 4.52 Å². The van der Waals surface area contributed by atoms with E-state index in [1.807, 2.05) is 18.2 Å². The fourth-order valence-corrected chi connectivity index (χ4v) is 2.76. The van der Waals surface area contributed by atoms with Crippen LogP contribution in [0.1, 0.15) is 25.3 Å². The molecule has 0 radical (unpaired) electrons. The number of aromatic amines is 1. The highest BCUT2D eigenvalue weighted by molar-refractivity contribution is 5.39. The Morgan fingerprint density at radius 2 is 2.00 bits per heavy atom. The first-order valence-electron chi connectivity index (χ1n) is 8.24. The minimum Gasteiger partial charge on any atom is -0.395 e. The normalized spacial score (nSPS) is 12.8. The van der Waals surface area contributed by atoms with Gasteiger partial charge in [-0.3, -0.25) is 10.00 Å². The van der Waals surface area contributed by atoms with Crippen molar-refractivity contribution >= 4 is 0 Å². The number of nitrogens with one attached hydrogen (secondary N) is 1. The van der Waals surface area contributed by atoms with Crippen LogP contribution < -0.4 is 0 Å². The maximum atomic E-state index is 9.85. The SMILES string of the molecule is CC(C)C(CO)N(Cc1ccccc1)Cc1nc(-c2ncn[nH]2)no1. The van der Waals surface area contributed by atoms with Crippen LogP contribution in [0, 0.1) is 5.92 Å². The molecule has 0 saturated carbocycles. The molecule has 132 valence electrons. The maximum Gasteiger partial charge on any atom is 0.241 e. The minimum atomic E-state index is -0.0131. The number of aliphatic hydroxyl groups is 1. The summed E-state index contributed by atoms with van der Waals surface area (Å²) in [6.07, 6.45) is 1.40. The highest BCUT2D eigenvalue weighted by atomic mass is 16.5. The van der Waals surface area contributed by atoms with E-state index in [0.717, 1.165) is 5.56 Å². The summed E-state index contributed by atoms with van der Waals surface area (Å²) in [6.45, 7) is 5.37. The van der Waals surface area contributed by atoms with E-state index in [-0.39, 0.29) is 18.6 Å². The van der Waals surface area contributed by atoms with Gasteiger partial charge in [0.1, 0.15) is 6.33 Å². The van der Waals surface area contributed by atoms with E-state index in [1.165, 1.54) is 6.33 Å². The molecule has 2 heterocycles. The van der Waals surface area contributed by atoms with E-state index in [9.17, 15) is 5.11 Å². The molecule has 2 aromatic heterocycles. The number of hydrogen-bond acceptors (Lipinski definition) is 7. The number of aliphatic hydroxyl groups excluding tert-OH is 1. The van der Waals surface area contributed by atoms with Crippen LogP contribution in [-0.2, 0) is 13.1 Å². The van der Waals surface area contributed by atoms with Crippen LogP contribution in [0.5, 0.6) is 0 Å². The van der Waals surface area contributed by atoms with Gasteiger partial charge in [0, 0.05) is 12.6 Å². The Hall–Kier alpha value is -2.58. The summed E-state index contributed by atoms with van der Waals surface area (Å²) in [5, 5.41) is 20.3. The number of H-pyrrole nitrogens is 1.